The molecule has 0 amide bonds. The molecule has 0 bridgehead atoms. The highest BCUT2D eigenvalue weighted by atomic mass is 32.2. The molecule has 0 saturated carbocycles. The Labute approximate surface area is 108 Å². The minimum Gasteiger partial charge on any atom is -0.494 e. The molecule has 94 valence electrons. The minimum absolute atomic E-state index is 0.461. The number of imidazole rings is 1. The molecule has 0 unspecified atom stereocenters. The van der Waals surface area contributed by atoms with E-state index in [1.807, 2.05) is 25.1 Å². The maximum atomic E-state index is 8.17. The van der Waals surface area contributed by atoms with Gasteiger partial charge in [-0.1, -0.05) is 16.9 Å². The van der Waals surface area contributed by atoms with Gasteiger partial charge in [-0.25, -0.2) is 4.98 Å². The van der Waals surface area contributed by atoms with E-state index in [1.165, 1.54) is 11.8 Å². The van der Waals surface area contributed by atoms with Gasteiger partial charge in [-0.2, -0.15) is 0 Å². The smallest absolute Gasteiger partial charge is 0.166 e. The van der Waals surface area contributed by atoms with E-state index in [-0.39, 0.29) is 0 Å². The van der Waals surface area contributed by atoms with Crippen molar-refractivity contribution in [2.24, 2.45) is 5.11 Å². The van der Waals surface area contributed by atoms with Crippen molar-refractivity contribution in [1.82, 2.24) is 9.97 Å². The van der Waals surface area contributed by atoms with Gasteiger partial charge in [-0.3, -0.25) is 0 Å². The summed E-state index contributed by atoms with van der Waals surface area (Å²) in [4.78, 5) is 10.3. The highest BCUT2D eigenvalue weighted by Crippen LogP contribution is 2.23. The van der Waals surface area contributed by atoms with Gasteiger partial charge in [0.15, 0.2) is 5.16 Å². The summed E-state index contributed by atoms with van der Waals surface area (Å²) in [5, 5.41) is 4.30. The lowest BCUT2D eigenvalue weighted by Crippen LogP contribution is -1.90. The van der Waals surface area contributed by atoms with Crippen LogP contribution < -0.4 is 4.74 Å². The summed E-state index contributed by atoms with van der Waals surface area (Å²) in [5.41, 5.74) is 10.0. The molecule has 2 aromatic rings. The number of aromatic nitrogens is 2. The van der Waals surface area contributed by atoms with Crippen LogP contribution in [0.25, 0.3) is 21.5 Å². The first-order valence-corrected chi connectivity index (χ1v) is 6.58. The molecule has 2 rings (SSSR count). The van der Waals surface area contributed by atoms with E-state index < -0.39 is 0 Å². The largest absolute Gasteiger partial charge is 0.494 e. The predicted octanol–water partition coefficient (Wildman–Crippen LogP) is 3.36. The van der Waals surface area contributed by atoms with Gasteiger partial charge in [0, 0.05) is 23.3 Å². The Bertz CT molecular complexity index is 576. The average Bonchev–Trinajstić information content (AvgIpc) is 2.77. The molecule has 0 fully saturated rings. The zero-order chi connectivity index (χ0) is 12.8. The number of hydrogen-bond donors (Lipinski definition) is 1. The van der Waals surface area contributed by atoms with Gasteiger partial charge in [0.25, 0.3) is 0 Å². The molecule has 0 aliphatic heterocycles. The van der Waals surface area contributed by atoms with Crippen molar-refractivity contribution in [2.45, 2.75) is 12.1 Å². The number of H-pyrrole nitrogens is 1. The second kappa shape index (κ2) is 6.18. The van der Waals surface area contributed by atoms with Gasteiger partial charge in [-0.05, 0) is 24.6 Å². The summed E-state index contributed by atoms with van der Waals surface area (Å²) in [6, 6.07) is 5.76. The van der Waals surface area contributed by atoms with Crippen LogP contribution in [0.2, 0.25) is 0 Å². The number of azide groups is 1. The molecule has 0 saturated heterocycles. The van der Waals surface area contributed by atoms with Crippen LogP contribution in [0.3, 0.4) is 0 Å². The lowest BCUT2D eigenvalue weighted by Gasteiger charge is -2.00. The second-order valence-corrected chi connectivity index (χ2v) is 4.54. The number of hydrogen-bond acceptors (Lipinski definition) is 4. The summed E-state index contributed by atoms with van der Waals surface area (Å²) < 4.78 is 5.43. The Morgan fingerprint density at radius 1 is 1.56 bits per heavy atom. The van der Waals surface area contributed by atoms with E-state index in [9.17, 15) is 0 Å². The Balaban J connectivity index is 2.09. The van der Waals surface area contributed by atoms with Crippen molar-refractivity contribution in [3.05, 3.63) is 28.6 Å². The van der Waals surface area contributed by atoms with Crippen molar-refractivity contribution >= 4 is 22.8 Å². The van der Waals surface area contributed by atoms with Crippen LogP contribution >= 0.6 is 11.8 Å². The molecule has 7 heteroatoms. The first kappa shape index (κ1) is 12.6. The number of nitrogens with zero attached hydrogens (tertiary/aromatic N) is 4. The van der Waals surface area contributed by atoms with E-state index in [2.05, 4.69) is 20.0 Å². The third kappa shape index (κ3) is 3.09. The third-order valence-electron chi connectivity index (χ3n) is 2.24. The first-order valence-electron chi connectivity index (χ1n) is 5.59. The molecule has 1 aromatic heterocycles. The highest BCUT2D eigenvalue weighted by molar-refractivity contribution is 7.99. The standard InChI is InChI=1S/C11H13N5OS/c1-2-17-8-3-4-9-10(7-8)15-11(14-9)18-6-5-13-16-12/h3-4,7H,2,5-6H2,1H3,(H,14,15). The van der Waals surface area contributed by atoms with Gasteiger partial charge >= 0.3 is 0 Å². The molecule has 1 aromatic carbocycles. The van der Waals surface area contributed by atoms with Crippen molar-refractivity contribution in [3.8, 4) is 5.75 Å². The van der Waals surface area contributed by atoms with Gasteiger partial charge in [0.2, 0.25) is 0 Å². The van der Waals surface area contributed by atoms with Crippen LogP contribution in [-0.4, -0.2) is 28.9 Å². The molecule has 18 heavy (non-hydrogen) atoms. The third-order valence-corrected chi connectivity index (χ3v) is 3.09. The molecule has 0 spiro atoms. The van der Waals surface area contributed by atoms with E-state index >= 15 is 0 Å². The van der Waals surface area contributed by atoms with Crippen LogP contribution in [-0.2, 0) is 0 Å². The molecular weight excluding hydrogens is 250 g/mol. The number of fused-ring (bicyclic) bond motifs is 1. The SMILES string of the molecule is CCOc1ccc2nc(SCCN=[N+]=[N-])[nH]c2c1. The van der Waals surface area contributed by atoms with Gasteiger partial charge in [0.05, 0.1) is 17.6 Å². The van der Waals surface area contributed by atoms with E-state index in [1.54, 1.807) is 0 Å². The molecule has 0 radical (unpaired) electrons. The second-order valence-electron chi connectivity index (χ2n) is 3.46. The molecular formula is C11H13N5OS. The lowest BCUT2D eigenvalue weighted by atomic mass is 10.3. The fraction of sp³-hybridized carbons (Fsp3) is 0.364. The zero-order valence-electron chi connectivity index (χ0n) is 9.96. The zero-order valence-corrected chi connectivity index (χ0v) is 10.8. The summed E-state index contributed by atoms with van der Waals surface area (Å²) in [6.45, 7) is 3.06. The number of rotatable bonds is 6. The number of thioether (sulfide) groups is 1. The molecule has 1 N–H and O–H groups in total. The predicted molar refractivity (Wildman–Crippen MR) is 72.0 cm³/mol. The average molecular weight is 263 g/mol. The van der Waals surface area contributed by atoms with Gasteiger partial charge in [-0.15, -0.1) is 0 Å². The first-order chi connectivity index (χ1) is 8.83. The maximum absolute atomic E-state index is 8.17. The van der Waals surface area contributed by atoms with E-state index in [0.717, 1.165) is 21.9 Å². The van der Waals surface area contributed by atoms with Crippen LogP contribution in [0.5, 0.6) is 5.75 Å². The molecule has 1 heterocycles. The Kier molecular flexibility index (Phi) is 4.33. The van der Waals surface area contributed by atoms with Crippen LogP contribution in [0.1, 0.15) is 6.92 Å². The van der Waals surface area contributed by atoms with Crippen molar-refractivity contribution in [3.63, 3.8) is 0 Å². The van der Waals surface area contributed by atoms with Crippen molar-refractivity contribution < 1.29 is 4.74 Å². The van der Waals surface area contributed by atoms with Crippen molar-refractivity contribution in [1.29, 1.82) is 0 Å². The summed E-state index contributed by atoms with van der Waals surface area (Å²) in [7, 11) is 0. The normalized spacial score (nSPS) is 10.3. The Morgan fingerprint density at radius 2 is 2.44 bits per heavy atom. The van der Waals surface area contributed by atoms with E-state index in [0.29, 0.717) is 18.9 Å². The number of benzene rings is 1. The lowest BCUT2D eigenvalue weighted by molar-refractivity contribution is 0.340. The monoisotopic (exact) mass is 263 g/mol. The Morgan fingerprint density at radius 3 is 3.22 bits per heavy atom. The summed E-state index contributed by atoms with van der Waals surface area (Å²) in [6.07, 6.45) is 0. The molecule has 0 aliphatic carbocycles. The molecule has 6 nitrogen and oxygen atoms in total. The molecule has 0 aliphatic rings. The van der Waals surface area contributed by atoms with Gasteiger partial charge in [0.1, 0.15) is 5.75 Å². The number of ether oxygens (including phenoxy) is 1. The Hall–Kier alpha value is -1.85. The number of aromatic amines is 1. The van der Waals surface area contributed by atoms with Crippen LogP contribution in [0.4, 0.5) is 0 Å². The fourth-order valence-electron chi connectivity index (χ4n) is 1.52. The topological polar surface area (TPSA) is 86.7 Å². The van der Waals surface area contributed by atoms with Crippen molar-refractivity contribution in [2.75, 3.05) is 18.9 Å². The molecule has 0 atom stereocenters. The number of nitrogens with one attached hydrogen (secondary N) is 1. The quantitative estimate of drug-likeness (QED) is 0.285. The highest BCUT2D eigenvalue weighted by Gasteiger charge is 2.04. The fourth-order valence-corrected chi connectivity index (χ4v) is 2.23. The summed E-state index contributed by atoms with van der Waals surface area (Å²) >= 11 is 1.53. The minimum atomic E-state index is 0.461. The maximum Gasteiger partial charge on any atom is 0.166 e. The van der Waals surface area contributed by atoms with Gasteiger partial charge < -0.3 is 9.72 Å². The van der Waals surface area contributed by atoms with E-state index in [4.69, 9.17) is 10.3 Å². The summed E-state index contributed by atoms with van der Waals surface area (Å²) in [5.74, 6) is 1.54. The van der Waals surface area contributed by atoms with Crippen LogP contribution in [0, 0.1) is 0 Å². The van der Waals surface area contributed by atoms with Crippen LogP contribution in [0.15, 0.2) is 28.5 Å².